The summed E-state index contributed by atoms with van der Waals surface area (Å²) in [6.45, 7) is -0.480. The second-order valence-electron chi connectivity index (χ2n) is 4.76. The van der Waals surface area contributed by atoms with Crippen LogP contribution in [0.2, 0.25) is 20.1 Å². The first-order valence-electron chi connectivity index (χ1n) is 6.90. The molecular weight excluding hydrogens is 408 g/mol. The van der Waals surface area contributed by atoms with Gasteiger partial charge in [0.05, 0.1) is 25.8 Å². The van der Waals surface area contributed by atoms with Gasteiger partial charge in [-0.1, -0.05) is 58.5 Å². The van der Waals surface area contributed by atoms with E-state index in [1.54, 1.807) is 36.4 Å². The van der Waals surface area contributed by atoms with Crippen molar-refractivity contribution in [3.05, 3.63) is 68.1 Å². The fraction of sp³-hybridized carbons (Fsp3) is 0.0588. The zero-order chi connectivity index (χ0) is 18.4. The minimum absolute atomic E-state index is 0.262. The van der Waals surface area contributed by atoms with Gasteiger partial charge in [0.15, 0.2) is 6.61 Å². The highest BCUT2D eigenvalue weighted by molar-refractivity contribution is 6.42. The van der Waals surface area contributed by atoms with Crippen LogP contribution in [0.25, 0.3) is 6.08 Å². The molecule has 25 heavy (non-hydrogen) atoms. The number of carbonyl (C=O) groups is 2. The normalized spacial score (nSPS) is 10.7. The van der Waals surface area contributed by atoms with Crippen LogP contribution in [0.15, 0.2) is 42.5 Å². The van der Waals surface area contributed by atoms with Crippen LogP contribution in [0, 0.1) is 0 Å². The van der Waals surface area contributed by atoms with E-state index in [0.29, 0.717) is 15.6 Å². The number of ether oxygens (including phenoxy) is 1. The van der Waals surface area contributed by atoms with Crippen molar-refractivity contribution in [2.75, 3.05) is 11.9 Å². The van der Waals surface area contributed by atoms with Gasteiger partial charge in [-0.3, -0.25) is 4.79 Å². The number of nitrogens with one attached hydrogen (secondary N) is 1. The van der Waals surface area contributed by atoms with Crippen molar-refractivity contribution in [3.8, 4) is 0 Å². The highest BCUT2D eigenvalue weighted by Gasteiger charge is 2.11. The maximum atomic E-state index is 11.8. The first-order chi connectivity index (χ1) is 11.9. The van der Waals surface area contributed by atoms with Crippen LogP contribution in [0.3, 0.4) is 0 Å². The summed E-state index contributed by atoms with van der Waals surface area (Å²) in [5, 5.41) is 3.83. The van der Waals surface area contributed by atoms with E-state index in [4.69, 9.17) is 51.1 Å². The van der Waals surface area contributed by atoms with Gasteiger partial charge in [-0.2, -0.15) is 0 Å². The molecule has 2 aromatic carbocycles. The molecule has 130 valence electrons. The Morgan fingerprint density at radius 3 is 2.28 bits per heavy atom. The van der Waals surface area contributed by atoms with Crippen LogP contribution in [0.5, 0.6) is 0 Å². The molecule has 1 amide bonds. The Morgan fingerprint density at radius 1 is 0.960 bits per heavy atom. The first kappa shape index (κ1) is 19.6. The summed E-state index contributed by atoms with van der Waals surface area (Å²) in [7, 11) is 0. The van der Waals surface area contributed by atoms with E-state index >= 15 is 0 Å². The topological polar surface area (TPSA) is 55.4 Å². The van der Waals surface area contributed by atoms with Gasteiger partial charge in [-0.25, -0.2) is 4.79 Å². The van der Waals surface area contributed by atoms with Gasteiger partial charge in [0.1, 0.15) is 0 Å². The van der Waals surface area contributed by atoms with Crippen LogP contribution in [-0.2, 0) is 14.3 Å². The van der Waals surface area contributed by atoms with E-state index in [0.717, 1.165) is 0 Å². The molecule has 0 aromatic heterocycles. The van der Waals surface area contributed by atoms with Crippen molar-refractivity contribution in [3.63, 3.8) is 0 Å². The maximum Gasteiger partial charge on any atom is 0.331 e. The number of rotatable bonds is 5. The summed E-state index contributed by atoms with van der Waals surface area (Å²) < 4.78 is 4.85. The number of carbonyl (C=O) groups excluding carboxylic acids is 2. The summed E-state index contributed by atoms with van der Waals surface area (Å²) in [5.41, 5.74) is 0.928. The second kappa shape index (κ2) is 9.11. The van der Waals surface area contributed by atoms with E-state index in [2.05, 4.69) is 5.32 Å². The molecule has 0 aliphatic rings. The highest BCUT2D eigenvalue weighted by Crippen LogP contribution is 2.29. The van der Waals surface area contributed by atoms with Crippen LogP contribution >= 0.6 is 46.4 Å². The van der Waals surface area contributed by atoms with Gasteiger partial charge in [-0.15, -0.1) is 0 Å². The molecule has 1 N–H and O–H groups in total. The Hall–Kier alpha value is -1.72. The van der Waals surface area contributed by atoms with Gasteiger partial charge >= 0.3 is 5.97 Å². The third-order valence-electron chi connectivity index (χ3n) is 2.93. The maximum absolute atomic E-state index is 11.8. The van der Waals surface area contributed by atoms with Gasteiger partial charge < -0.3 is 10.1 Å². The molecule has 0 fully saturated rings. The number of anilines is 1. The number of hydrogen-bond acceptors (Lipinski definition) is 3. The molecule has 0 atom stereocenters. The summed E-state index contributed by atoms with van der Waals surface area (Å²) in [6, 6.07) is 9.69. The minimum Gasteiger partial charge on any atom is -0.452 e. The quantitative estimate of drug-likeness (QED) is 0.515. The molecule has 0 radical (unpaired) electrons. The Morgan fingerprint density at radius 2 is 1.64 bits per heavy atom. The summed E-state index contributed by atoms with van der Waals surface area (Å²) in [4.78, 5) is 23.5. The second-order valence-corrected chi connectivity index (χ2v) is 6.39. The number of halogens is 4. The third kappa shape index (κ3) is 5.94. The standard InChI is InChI=1S/C17H11Cl4NO3/c18-11-6-4-10(8-14(11)21)5-7-16(24)25-9-15(23)22-17-12(19)2-1-3-13(17)20/h1-8H,9H2,(H,22,23)/b7-5+. The van der Waals surface area contributed by atoms with Crippen molar-refractivity contribution >= 4 is 70.0 Å². The Kier molecular flexibility index (Phi) is 7.14. The molecule has 0 aliphatic heterocycles. The summed E-state index contributed by atoms with van der Waals surface area (Å²) >= 11 is 23.6. The Bertz CT molecular complexity index is 816. The summed E-state index contributed by atoms with van der Waals surface area (Å²) in [5.74, 6) is -1.25. The summed E-state index contributed by atoms with van der Waals surface area (Å²) in [6.07, 6.45) is 2.67. The third-order valence-corrected chi connectivity index (χ3v) is 4.30. The Labute approximate surface area is 164 Å². The van der Waals surface area contributed by atoms with Crippen molar-refractivity contribution in [1.82, 2.24) is 0 Å². The SMILES string of the molecule is O=C(COC(=O)/C=C/c1ccc(Cl)c(Cl)c1)Nc1c(Cl)cccc1Cl. The highest BCUT2D eigenvalue weighted by atomic mass is 35.5. The average Bonchev–Trinajstić information content (AvgIpc) is 2.57. The molecule has 0 saturated carbocycles. The fourth-order valence-corrected chi connectivity index (χ4v) is 2.56. The lowest BCUT2D eigenvalue weighted by Crippen LogP contribution is -2.20. The van der Waals surface area contributed by atoms with E-state index in [-0.39, 0.29) is 15.7 Å². The van der Waals surface area contributed by atoms with E-state index in [1.807, 2.05) is 0 Å². The zero-order valence-corrected chi connectivity index (χ0v) is 15.6. The lowest BCUT2D eigenvalue weighted by molar-refractivity contribution is -0.142. The van der Waals surface area contributed by atoms with Crippen LogP contribution in [0.4, 0.5) is 5.69 Å². The van der Waals surface area contributed by atoms with Crippen LogP contribution in [0.1, 0.15) is 5.56 Å². The predicted octanol–water partition coefficient (Wildman–Crippen LogP) is 5.50. The molecule has 0 spiro atoms. The van der Waals surface area contributed by atoms with Crippen molar-refractivity contribution < 1.29 is 14.3 Å². The van der Waals surface area contributed by atoms with E-state index < -0.39 is 18.5 Å². The molecule has 2 aromatic rings. The fourth-order valence-electron chi connectivity index (χ4n) is 1.76. The van der Waals surface area contributed by atoms with Gasteiger partial charge in [0, 0.05) is 6.08 Å². The molecule has 8 heteroatoms. The van der Waals surface area contributed by atoms with E-state index in [9.17, 15) is 9.59 Å². The number of benzene rings is 2. The number of para-hydroxylation sites is 1. The van der Waals surface area contributed by atoms with Gasteiger partial charge in [0.2, 0.25) is 0 Å². The molecule has 0 unspecified atom stereocenters. The molecule has 0 aliphatic carbocycles. The van der Waals surface area contributed by atoms with Crippen LogP contribution < -0.4 is 5.32 Å². The smallest absolute Gasteiger partial charge is 0.331 e. The molecular formula is C17H11Cl4NO3. The molecule has 0 bridgehead atoms. The van der Waals surface area contributed by atoms with Crippen LogP contribution in [-0.4, -0.2) is 18.5 Å². The molecule has 2 rings (SSSR count). The number of amides is 1. The monoisotopic (exact) mass is 417 g/mol. The lowest BCUT2D eigenvalue weighted by atomic mass is 10.2. The van der Waals surface area contributed by atoms with E-state index in [1.165, 1.54) is 12.2 Å². The average molecular weight is 419 g/mol. The largest absolute Gasteiger partial charge is 0.452 e. The van der Waals surface area contributed by atoms with Crippen molar-refractivity contribution in [2.24, 2.45) is 0 Å². The number of hydrogen-bond donors (Lipinski definition) is 1. The lowest BCUT2D eigenvalue weighted by Gasteiger charge is -2.08. The molecule has 4 nitrogen and oxygen atoms in total. The van der Waals surface area contributed by atoms with Crippen molar-refractivity contribution in [1.29, 1.82) is 0 Å². The predicted molar refractivity (Wildman–Crippen MR) is 102 cm³/mol. The van der Waals surface area contributed by atoms with Gasteiger partial charge in [-0.05, 0) is 35.9 Å². The first-order valence-corrected chi connectivity index (χ1v) is 8.42. The Balaban J connectivity index is 1.88. The minimum atomic E-state index is -0.688. The van der Waals surface area contributed by atoms with Gasteiger partial charge in [0.25, 0.3) is 5.91 Å². The molecule has 0 heterocycles. The van der Waals surface area contributed by atoms with Crippen molar-refractivity contribution in [2.45, 2.75) is 0 Å². The number of esters is 1. The zero-order valence-electron chi connectivity index (χ0n) is 12.6. The molecule has 0 saturated heterocycles.